The van der Waals surface area contributed by atoms with Gasteiger partial charge in [-0.2, -0.15) is 0 Å². The Morgan fingerprint density at radius 1 is 1.00 bits per heavy atom. The maximum absolute atomic E-state index is 13.9. The van der Waals surface area contributed by atoms with Gasteiger partial charge in [0.25, 0.3) is 11.8 Å². The summed E-state index contributed by atoms with van der Waals surface area (Å²) in [7, 11) is -2.61. The highest BCUT2D eigenvalue weighted by Gasteiger charge is 2.60. The second-order valence-electron chi connectivity index (χ2n) is 9.05. The van der Waals surface area contributed by atoms with Gasteiger partial charge in [-0.3, -0.25) is 14.8 Å². The molecule has 2 aromatic rings. The van der Waals surface area contributed by atoms with E-state index in [-0.39, 0.29) is 34.8 Å². The van der Waals surface area contributed by atoms with Crippen molar-refractivity contribution in [2.24, 2.45) is 5.41 Å². The summed E-state index contributed by atoms with van der Waals surface area (Å²) < 4.78 is 31.8. The lowest BCUT2D eigenvalue weighted by Gasteiger charge is -2.36. The topological polar surface area (TPSA) is 134 Å². The van der Waals surface area contributed by atoms with Gasteiger partial charge in [0.2, 0.25) is 0 Å². The molecule has 34 heavy (non-hydrogen) atoms. The van der Waals surface area contributed by atoms with Crippen molar-refractivity contribution in [3.63, 3.8) is 0 Å². The highest BCUT2D eigenvalue weighted by Crippen LogP contribution is 2.54. The Bertz CT molecular complexity index is 1180. The fraction of sp³-hybridized carbons (Fsp3) is 0.417. The van der Waals surface area contributed by atoms with Crippen molar-refractivity contribution in [2.45, 2.75) is 41.7 Å². The van der Waals surface area contributed by atoms with Crippen LogP contribution in [0.15, 0.2) is 53.4 Å². The number of hydroxylamine groups is 1. The minimum Gasteiger partial charge on any atom is -0.457 e. The Labute approximate surface area is 198 Å². The van der Waals surface area contributed by atoms with Gasteiger partial charge < -0.3 is 15.4 Å². The molecule has 1 saturated carbocycles. The summed E-state index contributed by atoms with van der Waals surface area (Å²) in [6.07, 6.45) is 2.50. The van der Waals surface area contributed by atoms with Crippen LogP contribution in [0.4, 0.5) is 0 Å². The lowest BCUT2D eigenvalue weighted by molar-refractivity contribution is -0.132. The molecule has 4 N–H and O–H groups in total. The first-order chi connectivity index (χ1) is 16.2. The third-order valence-corrected chi connectivity index (χ3v) is 9.55. The predicted molar refractivity (Wildman–Crippen MR) is 125 cm³/mol. The zero-order valence-corrected chi connectivity index (χ0v) is 19.8. The number of benzene rings is 2. The first kappa shape index (κ1) is 24.2. The number of carbonyl (C=O) groups is 2. The van der Waals surface area contributed by atoms with Crippen molar-refractivity contribution in [2.75, 3.05) is 20.1 Å². The van der Waals surface area contributed by atoms with E-state index in [1.54, 1.807) is 48.9 Å². The number of amides is 2. The molecule has 1 saturated heterocycles. The highest BCUT2D eigenvalue weighted by atomic mass is 32.2. The molecule has 2 aromatic carbocycles. The SMILES string of the molecule is CNC(=O)c1ccc(Oc2cccc(S(=O)(=O)C3(C(=O)NO)CCC4(CCNCC4)C3)c2)cc1. The van der Waals surface area contributed by atoms with Crippen molar-refractivity contribution in [3.05, 3.63) is 54.1 Å². The van der Waals surface area contributed by atoms with Gasteiger partial charge in [0, 0.05) is 12.6 Å². The van der Waals surface area contributed by atoms with E-state index in [4.69, 9.17) is 4.74 Å². The summed E-state index contributed by atoms with van der Waals surface area (Å²) in [4.78, 5) is 24.5. The van der Waals surface area contributed by atoms with Crippen LogP contribution in [0.5, 0.6) is 11.5 Å². The summed E-state index contributed by atoms with van der Waals surface area (Å²) in [6.45, 7) is 1.55. The summed E-state index contributed by atoms with van der Waals surface area (Å²) in [5.74, 6) is -0.406. The molecular formula is C24H29N3O6S. The van der Waals surface area contributed by atoms with E-state index >= 15 is 0 Å². The number of hydrogen-bond donors (Lipinski definition) is 4. The monoisotopic (exact) mass is 487 g/mol. The van der Waals surface area contributed by atoms with Crippen LogP contribution < -0.4 is 20.9 Å². The molecule has 1 aliphatic heterocycles. The summed E-state index contributed by atoms with van der Waals surface area (Å²) in [6, 6.07) is 12.4. The van der Waals surface area contributed by atoms with Crippen LogP contribution in [0.25, 0.3) is 0 Å². The number of rotatable bonds is 6. The maximum atomic E-state index is 13.9. The van der Waals surface area contributed by atoms with Crippen molar-refractivity contribution in [1.82, 2.24) is 16.1 Å². The molecular weight excluding hydrogens is 458 g/mol. The van der Waals surface area contributed by atoms with E-state index in [1.807, 2.05) is 0 Å². The average Bonchev–Trinajstić information content (AvgIpc) is 3.24. The van der Waals surface area contributed by atoms with Crippen LogP contribution in [0, 0.1) is 5.41 Å². The molecule has 2 fully saturated rings. The fourth-order valence-corrected chi connectivity index (χ4v) is 7.30. The van der Waals surface area contributed by atoms with Gasteiger partial charge >= 0.3 is 0 Å². The van der Waals surface area contributed by atoms with Gasteiger partial charge in [0.05, 0.1) is 4.90 Å². The van der Waals surface area contributed by atoms with Crippen LogP contribution in [-0.4, -0.2) is 50.3 Å². The summed E-state index contributed by atoms with van der Waals surface area (Å²) in [5.41, 5.74) is 1.85. The maximum Gasteiger partial charge on any atom is 0.265 e. The Hall–Kier alpha value is -2.95. The molecule has 0 aromatic heterocycles. The number of hydrogen-bond acceptors (Lipinski definition) is 7. The molecule has 10 heteroatoms. The number of sulfone groups is 1. The van der Waals surface area contributed by atoms with Crippen LogP contribution in [-0.2, 0) is 14.6 Å². The number of ether oxygens (including phenoxy) is 1. The van der Waals surface area contributed by atoms with Gasteiger partial charge in [-0.15, -0.1) is 0 Å². The van der Waals surface area contributed by atoms with Gasteiger partial charge in [0.15, 0.2) is 14.6 Å². The van der Waals surface area contributed by atoms with Crippen molar-refractivity contribution < 1.29 is 28.0 Å². The molecule has 2 amide bonds. The summed E-state index contributed by atoms with van der Waals surface area (Å²) in [5, 5.41) is 15.3. The van der Waals surface area contributed by atoms with Gasteiger partial charge in [-0.25, -0.2) is 13.9 Å². The minimum absolute atomic E-state index is 0.0402. The standard InChI is InChI=1S/C24H29N3O6S/c1-25-21(28)17-5-7-18(8-6-17)33-19-3-2-4-20(15-19)34(31,32)24(22(29)27-30)10-9-23(16-24)11-13-26-14-12-23/h2-8,15,26,30H,9-14,16H2,1H3,(H,25,28)(H,27,29). The Kier molecular flexibility index (Phi) is 6.66. The second kappa shape index (κ2) is 9.36. The molecule has 1 unspecified atom stereocenters. The van der Waals surface area contributed by atoms with Crippen molar-refractivity contribution in [3.8, 4) is 11.5 Å². The molecule has 1 heterocycles. The lowest BCUT2D eigenvalue weighted by atomic mass is 9.77. The van der Waals surface area contributed by atoms with Gasteiger partial charge in [-0.05, 0) is 93.1 Å². The minimum atomic E-state index is -4.15. The predicted octanol–water partition coefficient (Wildman–Crippen LogP) is 2.41. The van der Waals surface area contributed by atoms with E-state index < -0.39 is 20.5 Å². The molecule has 2 aliphatic rings. The van der Waals surface area contributed by atoms with Crippen LogP contribution >= 0.6 is 0 Å². The van der Waals surface area contributed by atoms with Gasteiger partial charge in [-0.1, -0.05) is 6.07 Å². The normalized spacial score (nSPS) is 21.7. The zero-order valence-electron chi connectivity index (χ0n) is 19.0. The number of piperidine rings is 1. The van der Waals surface area contributed by atoms with Crippen LogP contribution in [0.1, 0.15) is 42.5 Å². The van der Waals surface area contributed by atoms with Crippen LogP contribution in [0.2, 0.25) is 0 Å². The molecule has 1 atom stereocenters. The smallest absolute Gasteiger partial charge is 0.265 e. The molecule has 9 nitrogen and oxygen atoms in total. The van der Waals surface area contributed by atoms with Crippen molar-refractivity contribution >= 4 is 21.7 Å². The van der Waals surface area contributed by atoms with Gasteiger partial charge in [0.1, 0.15) is 11.5 Å². The third-order valence-electron chi connectivity index (χ3n) is 7.11. The molecule has 1 spiro atoms. The molecule has 0 radical (unpaired) electrons. The molecule has 182 valence electrons. The number of carbonyl (C=O) groups excluding carboxylic acids is 2. The first-order valence-electron chi connectivity index (χ1n) is 11.3. The van der Waals surface area contributed by atoms with E-state index in [1.165, 1.54) is 12.1 Å². The Balaban J connectivity index is 1.63. The highest BCUT2D eigenvalue weighted by molar-refractivity contribution is 7.93. The quantitative estimate of drug-likeness (QED) is 0.363. The molecule has 4 rings (SSSR count). The van der Waals surface area contributed by atoms with E-state index in [0.717, 1.165) is 25.9 Å². The largest absolute Gasteiger partial charge is 0.457 e. The van der Waals surface area contributed by atoms with E-state index in [9.17, 15) is 23.2 Å². The Morgan fingerprint density at radius 2 is 1.71 bits per heavy atom. The zero-order chi connectivity index (χ0) is 24.4. The molecule has 1 aliphatic carbocycles. The lowest BCUT2D eigenvalue weighted by Crippen LogP contribution is -2.51. The van der Waals surface area contributed by atoms with E-state index in [0.29, 0.717) is 17.7 Å². The molecule has 0 bridgehead atoms. The number of nitrogens with one attached hydrogen (secondary N) is 3. The average molecular weight is 488 g/mol. The third kappa shape index (κ3) is 4.28. The van der Waals surface area contributed by atoms with Crippen molar-refractivity contribution in [1.29, 1.82) is 0 Å². The second-order valence-corrected chi connectivity index (χ2v) is 11.3. The Morgan fingerprint density at radius 3 is 2.35 bits per heavy atom. The first-order valence-corrected chi connectivity index (χ1v) is 12.7. The summed E-state index contributed by atoms with van der Waals surface area (Å²) >= 11 is 0. The van der Waals surface area contributed by atoms with Crippen LogP contribution in [0.3, 0.4) is 0 Å². The van der Waals surface area contributed by atoms with E-state index in [2.05, 4.69) is 10.6 Å². The fourth-order valence-electron chi connectivity index (χ4n) is 5.17.